The molecule has 2 N–H and O–H groups in total. The zero-order chi connectivity index (χ0) is 33.9. The number of benzene rings is 2. The molecule has 246 valence electrons. The van der Waals surface area contributed by atoms with Gasteiger partial charge in [0.1, 0.15) is 30.1 Å². The van der Waals surface area contributed by atoms with Gasteiger partial charge in [0.15, 0.2) is 5.82 Å². The fourth-order valence-electron chi connectivity index (χ4n) is 4.65. The van der Waals surface area contributed by atoms with Crippen molar-refractivity contribution in [2.75, 3.05) is 11.9 Å². The van der Waals surface area contributed by atoms with E-state index >= 15 is 0 Å². The first-order chi connectivity index (χ1) is 22.1. The van der Waals surface area contributed by atoms with Gasteiger partial charge in [0.2, 0.25) is 0 Å². The molecule has 2 amide bonds. The van der Waals surface area contributed by atoms with Crippen LogP contribution >= 0.6 is 22.9 Å². The van der Waals surface area contributed by atoms with Gasteiger partial charge in [0.25, 0.3) is 0 Å². The van der Waals surface area contributed by atoms with Crippen molar-refractivity contribution in [2.45, 2.75) is 57.7 Å². The molecule has 5 rings (SSSR count). The van der Waals surface area contributed by atoms with Crippen LogP contribution in [0.25, 0.3) is 10.2 Å². The first-order valence-electron chi connectivity index (χ1n) is 14.2. The second-order valence-electron chi connectivity index (χ2n) is 11.6. The summed E-state index contributed by atoms with van der Waals surface area (Å²) < 4.78 is 63.9. The number of fused-ring (bicyclic) bond motifs is 1. The van der Waals surface area contributed by atoms with E-state index in [0.29, 0.717) is 42.9 Å². The first-order valence-corrected chi connectivity index (χ1v) is 15.4. The molecule has 1 unspecified atom stereocenters. The smallest absolute Gasteiger partial charge is 0.471 e. The molecule has 1 aliphatic rings. The van der Waals surface area contributed by atoms with Crippen LogP contribution in [-0.4, -0.2) is 57.3 Å². The maximum atomic E-state index is 13.5. The summed E-state index contributed by atoms with van der Waals surface area (Å²) in [5.74, 6) is 4.39. The van der Waals surface area contributed by atoms with Gasteiger partial charge < -0.3 is 20.1 Å². The number of thiophene rings is 1. The number of ether oxygens (including phenoxy) is 2. The van der Waals surface area contributed by atoms with Gasteiger partial charge in [0.05, 0.1) is 26.2 Å². The van der Waals surface area contributed by atoms with E-state index in [1.807, 2.05) is 5.32 Å². The summed E-state index contributed by atoms with van der Waals surface area (Å²) in [4.78, 5) is 34.9. The molecule has 0 spiro atoms. The summed E-state index contributed by atoms with van der Waals surface area (Å²) in [7, 11) is 0. The first kappa shape index (κ1) is 33.7. The van der Waals surface area contributed by atoms with E-state index in [1.165, 1.54) is 34.7 Å². The number of hydrogen-bond donors (Lipinski definition) is 2. The van der Waals surface area contributed by atoms with Crippen molar-refractivity contribution >= 4 is 56.7 Å². The van der Waals surface area contributed by atoms with E-state index in [1.54, 1.807) is 57.2 Å². The number of alkyl halides is 3. The Morgan fingerprint density at radius 2 is 1.91 bits per heavy atom. The average molecular weight is 690 g/mol. The molecular weight excluding hydrogens is 662 g/mol. The minimum absolute atomic E-state index is 0.0196. The molecule has 2 atom stereocenters. The fraction of sp³-hybridized carbons (Fsp3) is 0.312. The fourth-order valence-corrected chi connectivity index (χ4v) is 5.80. The Kier molecular flexibility index (Phi) is 9.78. The molecule has 15 heteroatoms. The largest absolute Gasteiger partial charge is 0.487 e. The normalized spacial score (nSPS) is 16.4. The Morgan fingerprint density at radius 3 is 2.62 bits per heavy atom. The SMILES string of the molecule is CC(C)(C)OC(=O)N1C[C@@H](NC(=O)C(F)(F)F)CC1C#Cc1cc2ncnc(Nc3ccc(OCc4cccc(F)c4)c(Cl)c3)c2s1. The van der Waals surface area contributed by atoms with Crippen LogP contribution in [-0.2, 0) is 16.1 Å². The summed E-state index contributed by atoms with van der Waals surface area (Å²) in [6.45, 7) is 4.94. The third-order valence-electron chi connectivity index (χ3n) is 6.67. The van der Waals surface area contributed by atoms with E-state index in [2.05, 4.69) is 27.1 Å². The number of hydrogen-bond acceptors (Lipinski definition) is 8. The van der Waals surface area contributed by atoms with Gasteiger partial charge in [-0.05, 0) is 62.7 Å². The van der Waals surface area contributed by atoms with Crippen LogP contribution in [0, 0.1) is 17.7 Å². The van der Waals surface area contributed by atoms with Crippen molar-refractivity contribution in [3.63, 3.8) is 0 Å². The van der Waals surface area contributed by atoms with Crippen molar-refractivity contribution in [2.24, 2.45) is 0 Å². The predicted molar refractivity (Wildman–Crippen MR) is 169 cm³/mol. The van der Waals surface area contributed by atoms with Gasteiger partial charge in [-0.15, -0.1) is 11.3 Å². The molecule has 9 nitrogen and oxygen atoms in total. The number of halogens is 5. The molecule has 47 heavy (non-hydrogen) atoms. The van der Waals surface area contributed by atoms with Gasteiger partial charge >= 0.3 is 18.2 Å². The molecular formula is C32H28ClF4N5O4S. The summed E-state index contributed by atoms with van der Waals surface area (Å²) in [5, 5.41) is 5.47. The van der Waals surface area contributed by atoms with Crippen LogP contribution in [0.4, 0.5) is 33.9 Å². The highest BCUT2D eigenvalue weighted by molar-refractivity contribution is 7.20. The number of rotatable bonds is 6. The minimum atomic E-state index is -5.06. The molecule has 2 aromatic heterocycles. The number of amides is 2. The highest BCUT2D eigenvalue weighted by atomic mass is 35.5. The highest BCUT2D eigenvalue weighted by Crippen LogP contribution is 2.34. The number of aromatic nitrogens is 2. The third-order valence-corrected chi connectivity index (χ3v) is 8.01. The lowest BCUT2D eigenvalue weighted by Crippen LogP contribution is -2.45. The van der Waals surface area contributed by atoms with Crippen LogP contribution in [0.3, 0.4) is 0 Å². The van der Waals surface area contributed by atoms with Crippen LogP contribution < -0.4 is 15.4 Å². The number of carbonyl (C=O) groups is 2. The topological polar surface area (TPSA) is 106 Å². The maximum Gasteiger partial charge on any atom is 0.471 e. The van der Waals surface area contributed by atoms with E-state index < -0.39 is 35.9 Å². The Labute approximate surface area is 276 Å². The lowest BCUT2D eigenvalue weighted by atomic mass is 10.1. The van der Waals surface area contributed by atoms with Crippen molar-refractivity contribution < 1.29 is 36.6 Å². The van der Waals surface area contributed by atoms with Crippen LogP contribution in [0.2, 0.25) is 5.02 Å². The Morgan fingerprint density at radius 1 is 1.13 bits per heavy atom. The monoisotopic (exact) mass is 689 g/mol. The summed E-state index contributed by atoms with van der Waals surface area (Å²) in [6.07, 6.45) is -4.45. The molecule has 1 aliphatic heterocycles. The lowest BCUT2D eigenvalue weighted by Gasteiger charge is -2.26. The second-order valence-corrected chi connectivity index (χ2v) is 13.0. The average Bonchev–Trinajstić information content (AvgIpc) is 3.59. The van der Waals surface area contributed by atoms with Gasteiger partial charge in [-0.2, -0.15) is 13.2 Å². The molecule has 1 saturated heterocycles. The van der Waals surface area contributed by atoms with E-state index in [9.17, 15) is 27.2 Å². The third kappa shape index (κ3) is 8.81. The van der Waals surface area contributed by atoms with Crippen LogP contribution in [0.1, 0.15) is 37.6 Å². The second kappa shape index (κ2) is 13.6. The molecule has 3 heterocycles. The number of anilines is 2. The van der Waals surface area contributed by atoms with Crippen LogP contribution in [0.15, 0.2) is 54.9 Å². The van der Waals surface area contributed by atoms with Gasteiger partial charge in [-0.1, -0.05) is 35.6 Å². The predicted octanol–water partition coefficient (Wildman–Crippen LogP) is 7.21. The zero-order valence-electron chi connectivity index (χ0n) is 25.2. The minimum Gasteiger partial charge on any atom is -0.487 e. The van der Waals surface area contributed by atoms with Crippen LogP contribution in [0.5, 0.6) is 5.75 Å². The maximum absolute atomic E-state index is 13.5. The quantitative estimate of drug-likeness (QED) is 0.163. The molecule has 0 radical (unpaired) electrons. The summed E-state index contributed by atoms with van der Waals surface area (Å²) in [6, 6.07) is 11.1. The molecule has 4 aromatic rings. The number of likely N-dealkylation sites (tertiary alicyclic amines) is 1. The van der Waals surface area contributed by atoms with Crippen molar-refractivity contribution in [1.29, 1.82) is 0 Å². The Balaban J connectivity index is 1.32. The van der Waals surface area contributed by atoms with Gasteiger partial charge in [-0.3, -0.25) is 9.69 Å². The van der Waals surface area contributed by atoms with E-state index in [4.69, 9.17) is 21.1 Å². The Bertz CT molecular complexity index is 1870. The van der Waals surface area contributed by atoms with E-state index in [-0.39, 0.29) is 25.4 Å². The zero-order valence-corrected chi connectivity index (χ0v) is 26.8. The molecule has 0 aliphatic carbocycles. The standard InChI is InChI=1S/C32H28ClF4N5O4S/c1-31(2,3)46-30(44)42-15-21(41-29(43)32(35,36)37)12-22(42)8-9-23-14-25-27(47-23)28(39-17-38-25)40-20-7-10-26(24(33)13-20)45-16-18-5-4-6-19(34)11-18/h4-7,10-11,13-14,17,21-22H,12,15-16H2,1-3H3,(H,41,43)(H,38,39,40)/t21-,22?/m0/s1. The number of carbonyl (C=O) groups excluding carboxylic acids is 2. The highest BCUT2D eigenvalue weighted by Gasteiger charge is 2.43. The number of nitrogens with one attached hydrogen (secondary N) is 2. The van der Waals surface area contributed by atoms with Gasteiger partial charge in [0, 0.05) is 24.7 Å². The van der Waals surface area contributed by atoms with Gasteiger partial charge in [-0.25, -0.2) is 19.2 Å². The van der Waals surface area contributed by atoms with Crippen molar-refractivity contribution in [3.8, 4) is 17.6 Å². The molecule has 1 fully saturated rings. The van der Waals surface area contributed by atoms with E-state index in [0.717, 1.165) is 0 Å². The Hall–Kier alpha value is -4.61. The summed E-state index contributed by atoms with van der Waals surface area (Å²) in [5.41, 5.74) is 1.00. The molecule has 0 bridgehead atoms. The summed E-state index contributed by atoms with van der Waals surface area (Å²) >= 11 is 7.72. The number of nitrogens with zero attached hydrogens (tertiary/aromatic N) is 3. The molecule has 2 aromatic carbocycles. The van der Waals surface area contributed by atoms with Crippen molar-refractivity contribution in [3.05, 3.63) is 76.1 Å². The lowest BCUT2D eigenvalue weighted by molar-refractivity contribution is -0.174. The molecule has 0 saturated carbocycles. The van der Waals surface area contributed by atoms with Crippen molar-refractivity contribution in [1.82, 2.24) is 20.2 Å².